The average Bonchev–Trinajstić information content (AvgIpc) is 2.78. The van der Waals surface area contributed by atoms with Gasteiger partial charge in [-0.15, -0.1) is 0 Å². The number of rotatable bonds is 8. The normalized spacial score (nSPS) is 12.9. The van der Waals surface area contributed by atoms with Gasteiger partial charge >= 0.3 is 0 Å². The maximum Gasteiger partial charge on any atom is 0.122 e. The van der Waals surface area contributed by atoms with E-state index < -0.39 is 0 Å². The molecule has 0 aromatic carbocycles. The first-order chi connectivity index (χ1) is 7.81. The third-order valence-electron chi connectivity index (χ3n) is 2.59. The molecule has 0 bridgehead atoms. The van der Waals surface area contributed by atoms with Crippen LogP contribution in [0.25, 0.3) is 0 Å². The van der Waals surface area contributed by atoms with Crippen LogP contribution in [0.5, 0.6) is 0 Å². The smallest absolute Gasteiger partial charge is 0.122 e. The Kier molecular flexibility index (Phi) is 6.15. The molecule has 0 fully saturated rings. The first-order valence-electron chi connectivity index (χ1n) is 5.94. The second-order valence-corrected chi connectivity index (χ2v) is 3.83. The van der Waals surface area contributed by atoms with Gasteiger partial charge in [-0.25, -0.2) is 0 Å². The minimum Gasteiger partial charge on any atom is -0.464 e. The number of aliphatic hydroxyl groups is 1. The second-order valence-electron chi connectivity index (χ2n) is 3.83. The molecule has 4 N–H and O–H groups in total. The zero-order chi connectivity index (χ0) is 11.8. The number of aryl methyl sites for hydroxylation is 1. The van der Waals surface area contributed by atoms with E-state index in [4.69, 9.17) is 15.3 Å². The van der Waals surface area contributed by atoms with E-state index in [1.54, 1.807) is 0 Å². The van der Waals surface area contributed by atoms with Gasteiger partial charge < -0.3 is 20.6 Å². The van der Waals surface area contributed by atoms with Gasteiger partial charge in [0.15, 0.2) is 0 Å². The van der Waals surface area contributed by atoms with Crippen LogP contribution in [0, 0.1) is 0 Å². The van der Waals surface area contributed by atoms with Crippen LogP contribution in [0.1, 0.15) is 37.3 Å². The molecule has 1 unspecified atom stereocenters. The Morgan fingerprint density at radius 3 is 2.81 bits per heavy atom. The molecule has 0 saturated carbocycles. The molecule has 92 valence electrons. The summed E-state index contributed by atoms with van der Waals surface area (Å²) in [4.78, 5) is 0. The SMILES string of the molecule is CCc1ccc(C(CN)NCCCCO)o1. The van der Waals surface area contributed by atoms with Crippen molar-refractivity contribution in [2.45, 2.75) is 32.2 Å². The van der Waals surface area contributed by atoms with Crippen LogP contribution >= 0.6 is 0 Å². The van der Waals surface area contributed by atoms with E-state index in [0.717, 1.165) is 37.3 Å². The van der Waals surface area contributed by atoms with Crippen molar-refractivity contribution in [2.24, 2.45) is 5.73 Å². The van der Waals surface area contributed by atoms with E-state index in [9.17, 15) is 0 Å². The highest BCUT2D eigenvalue weighted by atomic mass is 16.3. The molecule has 0 amide bonds. The number of furan rings is 1. The number of hydrogen-bond donors (Lipinski definition) is 3. The van der Waals surface area contributed by atoms with Crippen LogP contribution in [-0.4, -0.2) is 24.8 Å². The fraction of sp³-hybridized carbons (Fsp3) is 0.667. The highest BCUT2D eigenvalue weighted by Gasteiger charge is 2.12. The monoisotopic (exact) mass is 226 g/mol. The summed E-state index contributed by atoms with van der Waals surface area (Å²) in [5.74, 6) is 1.90. The molecule has 0 aliphatic heterocycles. The topological polar surface area (TPSA) is 71.4 Å². The summed E-state index contributed by atoms with van der Waals surface area (Å²) in [5, 5.41) is 12.0. The molecule has 1 aromatic rings. The standard InChI is InChI=1S/C12H22N2O2/c1-2-10-5-6-12(16-10)11(9-13)14-7-3-4-8-15/h5-6,11,14-15H,2-4,7-9,13H2,1H3. The summed E-state index contributed by atoms with van der Waals surface area (Å²) in [6, 6.07) is 4.06. The maximum atomic E-state index is 8.67. The van der Waals surface area contributed by atoms with Crippen LogP contribution in [0.15, 0.2) is 16.5 Å². The predicted octanol–water partition coefficient (Wildman–Crippen LogP) is 1.20. The van der Waals surface area contributed by atoms with Gasteiger partial charge in [0.05, 0.1) is 6.04 Å². The Bertz CT molecular complexity index is 286. The molecule has 4 heteroatoms. The van der Waals surface area contributed by atoms with Gasteiger partial charge in [0.2, 0.25) is 0 Å². The molecule has 1 heterocycles. The fourth-order valence-corrected chi connectivity index (χ4v) is 1.58. The number of nitrogens with two attached hydrogens (primary N) is 1. The minimum absolute atomic E-state index is 0.0824. The average molecular weight is 226 g/mol. The van der Waals surface area contributed by atoms with Crippen molar-refractivity contribution in [1.82, 2.24) is 5.32 Å². The summed E-state index contributed by atoms with van der Waals surface area (Å²) < 4.78 is 5.65. The molecule has 1 rings (SSSR count). The lowest BCUT2D eigenvalue weighted by Crippen LogP contribution is -2.28. The van der Waals surface area contributed by atoms with Crippen molar-refractivity contribution in [1.29, 1.82) is 0 Å². The molecule has 4 nitrogen and oxygen atoms in total. The largest absolute Gasteiger partial charge is 0.464 e. The van der Waals surface area contributed by atoms with E-state index in [1.807, 2.05) is 12.1 Å². The minimum atomic E-state index is 0.0824. The van der Waals surface area contributed by atoms with E-state index >= 15 is 0 Å². The lowest BCUT2D eigenvalue weighted by atomic mass is 10.2. The number of hydrogen-bond acceptors (Lipinski definition) is 4. The Balaban J connectivity index is 2.40. The predicted molar refractivity (Wildman–Crippen MR) is 64.2 cm³/mol. The quantitative estimate of drug-likeness (QED) is 0.583. The van der Waals surface area contributed by atoms with Gasteiger partial charge in [0.1, 0.15) is 11.5 Å². The fourth-order valence-electron chi connectivity index (χ4n) is 1.58. The van der Waals surface area contributed by atoms with Crippen LogP contribution in [0.3, 0.4) is 0 Å². The third-order valence-corrected chi connectivity index (χ3v) is 2.59. The van der Waals surface area contributed by atoms with E-state index in [-0.39, 0.29) is 12.6 Å². The van der Waals surface area contributed by atoms with Crippen molar-refractivity contribution in [3.63, 3.8) is 0 Å². The lowest BCUT2D eigenvalue weighted by molar-refractivity contribution is 0.281. The summed E-state index contributed by atoms with van der Waals surface area (Å²) in [6.07, 6.45) is 2.68. The molecule has 0 spiro atoms. The number of unbranched alkanes of at least 4 members (excludes halogenated alkanes) is 1. The van der Waals surface area contributed by atoms with Crippen molar-refractivity contribution in [3.8, 4) is 0 Å². The molecule has 0 aliphatic carbocycles. The van der Waals surface area contributed by atoms with Crippen molar-refractivity contribution in [2.75, 3.05) is 19.7 Å². The number of nitrogens with one attached hydrogen (secondary N) is 1. The molecule has 1 aromatic heterocycles. The summed E-state index contributed by atoms with van der Waals surface area (Å²) in [5.41, 5.74) is 5.70. The Morgan fingerprint density at radius 1 is 1.44 bits per heavy atom. The third kappa shape index (κ3) is 3.96. The van der Waals surface area contributed by atoms with Crippen molar-refractivity contribution < 1.29 is 9.52 Å². The van der Waals surface area contributed by atoms with Gasteiger partial charge in [-0.05, 0) is 31.5 Å². The maximum absolute atomic E-state index is 8.67. The zero-order valence-electron chi connectivity index (χ0n) is 9.91. The highest BCUT2D eigenvalue weighted by molar-refractivity contribution is 5.11. The molecule has 0 radical (unpaired) electrons. The van der Waals surface area contributed by atoms with Gasteiger partial charge in [-0.3, -0.25) is 0 Å². The second kappa shape index (κ2) is 7.44. The molecular weight excluding hydrogens is 204 g/mol. The summed E-state index contributed by atoms with van der Waals surface area (Å²) in [6.45, 7) is 3.69. The van der Waals surface area contributed by atoms with Crippen molar-refractivity contribution in [3.05, 3.63) is 23.7 Å². The zero-order valence-corrected chi connectivity index (χ0v) is 9.91. The Labute approximate surface area is 96.8 Å². The molecular formula is C12H22N2O2. The van der Waals surface area contributed by atoms with Gasteiger partial charge in [0, 0.05) is 19.6 Å². The number of aliphatic hydroxyl groups excluding tert-OH is 1. The van der Waals surface area contributed by atoms with Crippen molar-refractivity contribution >= 4 is 0 Å². The molecule has 0 aliphatic rings. The molecule has 1 atom stereocenters. The van der Waals surface area contributed by atoms with Gasteiger partial charge in [-0.1, -0.05) is 6.92 Å². The summed E-state index contributed by atoms with van der Waals surface area (Å²) in [7, 11) is 0. The molecule has 0 saturated heterocycles. The Morgan fingerprint density at radius 2 is 2.25 bits per heavy atom. The Hall–Kier alpha value is -0.840. The van der Waals surface area contributed by atoms with E-state index in [0.29, 0.717) is 6.54 Å². The lowest BCUT2D eigenvalue weighted by Gasteiger charge is -2.14. The van der Waals surface area contributed by atoms with E-state index in [1.165, 1.54) is 0 Å². The van der Waals surface area contributed by atoms with Crippen LogP contribution in [-0.2, 0) is 6.42 Å². The first kappa shape index (κ1) is 13.2. The van der Waals surface area contributed by atoms with Gasteiger partial charge in [0.25, 0.3) is 0 Å². The first-order valence-corrected chi connectivity index (χ1v) is 5.94. The van der Waals surface area contributed by atoms with Gasteiger partial charge in [-0.2, -0.15) is 0 Å². The van der Waals surface area contributed by atoms with Crippen LogP contribution < -0.4 is 11.1 Å². The van der Waals surface area contributed by atoms with Crippen LogP contribution in [0.4, 0.5) is 0 Å². The van der Waals surface area contributed by atoms with E-state index in [2.05, 4.69) is 12.2 Å². The highest BCUT2D eigenvalue weighted by Crippen LogP contribution is 2.16. The molecule has 16 heavy (non-hydrogen) atoms. The summed E-state index contributed by atoms with van der Waals surface area (Å²) >= 11 is 0. The van der Waals surface area contributed by atoms with Crippen LogP contribution in [0.2, 0.25) is 0 Å².